The molecule has 0 spiro atoms. The molecule has 0 bridgehead atoms. The van der Waals surface area contributed by atoms with Crippen LogP contribution in [0.15, 0.2) is 42.7 Å². The predicted octanol–water partition coefficient (Wildman–Crippen LogP) is 3.72. The van der Waals surface area contributed by atoms with Crippen LogP contribution in [-0.4, -0.2) is 30.5 Å². The molecule has 142 valence electrons. The van der Waals surface area contributed by atoms with Crippen molar-refractivity contribution in [2.24, 2.45) is 7.05 Å². The molecule has 0 aliphatic carbocycles. The van der Waals surface area contributed by atoms with Gasteiger partial charge >= 0.3 is 0 Å². The van der Waals surface area contributed by atoms with Gasteiger partial charge in [0.05, 0.1) is 40.0 Å². The normalized spacial score (nSPS) is 11.1. The summed E-state index contributed by atoms with van der Waals surface area (Å²) in [7, 11) is 1.87. The lowest BCUT2D eigenvalue weighted by atomic mass is 10.0. The summed E-state index contributed by atoms with van der Waals surface area (Å²) in [4.78, 5) is 17.9. The summed E-state index contributed by atoms with van der Waals surface area (Å²) in [6, 6.07) is 9.50. The van der Waals surface area contributed by atoms with Crippen LogP contribution in [0.3, 0.4) is 0 Å². The lowest BCUT2D eigenvalue weighted by molar-refractivity contribution is 0.102. The Kier molecular flexibility index (Phi) is 4.43. The minimum Gasteiger partial charge on any atom is -0.319 e. The van der Waals surface area contributed by atoms with Crippen molar-refractivity contribution in [2.45, 2.75) is 27.3 Å². The lowest BCUT2D eigenvalue weighted by Gasteiger charge is -2.10. The first-order valence-corrected chi connectivity index (χ1v) is 9.22. The van der Waals surface area contributed by atoms with Gasteiger partial charge in [-0.3, -0.25) is 14.2 Å². The van der Waals surface area contributed by atoms with E-state index in [-0.39, 0.29) is 5.91 Å². The van der Waals surface area contributed by atoms with Crippen LogP contribution in [0.25, 0.3) is 22.2 Å². The molecule has 0 saturated carbocycles. The molecule has 7 nitrogen and oxygen atoms in total. The number of nitrogens with zero attached hydrogens (tertiary/aromatic N) is 5. The molecule has 7 heteroatoms. The van der Waals surface area contributed by atoms with Gasteiger partial charge in [0.15, 0.2) is 0 Å². The Morgan fingerprint density at radius 3 is 2.68 bits per heavy atom. The molecule has 28 heavy (non-hydrogen) atoms. The van der Waals surface area contributed by atoms with Gasteiger partial charge in [0.1, 0.15) is 0 Å². The first kappa shape index (κ1) is 17.9. The van der Waals surface area contributed by atoms with Gasteiger partial charge in [-0.1, -0.05) is 18.2 Å². The first-order valence-electron chi connectivity index (χ1n) is 9.22. The van der Waals surface area contributed by atoms with Crippen molar-refractivity contribution in [2.75, 3.05) is 5.32 Å². The van der Waals surface area contributed by atoms with Gasteiger partial charge in [-0.25, -0.2) is 4.98 Å². The number of hydrogen-bond donors (Lipinski definition) is 1. The van der Waals surface area contributed by atoms with Crippen LogP contribution in [-0.2, 0) is 13.6 Å². The number of hydrogen-bond acceptors (Lipinski definition) is 4. The molecule has 1 amide bonds. The largest absolute Gasteiger partial charge is 0.319 e. The van der Waals surface area contributed by atoms with E-state index >= 15 is 0 Å². The maximum atomic E-state index is 13.2. The third kappa shape index (κ3) is 3.05. The number of rotatable bonds is 4. The highest BCUT2D eigenvalue weighted by Crippen LogP contribution is 2.27. The molecule has 1 aromatic carbocycles. The second-order valence-electron chi connectivity index (χ2n) is 6.79. The van der Waals surface area contributed by atoms with E-state index in [1.165, 1.54) is 0 Å². The summed E-state index contributed by atoms with van der Waals surface area (Å²) in [5, 5.41) is 12.5. The Labute approximate surface area is 163 Å². The molecule has 0 saturated heterocycles. The monoisotopic (exact) mass is 374 g/mol. The van der Waals surface area contributed by atoms with E-state index in [9.17, 15) is 4.79 Å². The van der Waals surface area contributed by atoms with Crippen molar-refractivity contribution in [3.63, 3.8) is 0 Å². The standard InChI is InChI=1S/C21H22N6O/c1-5-27-14(3)20(11-22-27)24-21(28)16-10-19(17-12-26(4)25-13(17)2)23-18-9-7-6-8-15(16)18/h6-12H,5H2,1-4H3,(H,24,28). The minimum absolute atomic E-state index is 0.180. The van der Waals surface area contributed by atoms with E-state index in [0.29, 0.717) is 11.3 Å². The van der Waals surface area contributed by atoms with Crippen LogP contribution in [0, 0.1) is 13.8 Å². The SMILES string of the molecule is CCn1ncc(NC(=O)c2cc(-c3cn(C)nc3C)nc3ccccc23)c1C. The zero-order valence-corrected chi connectivity index (χ0v) is 16.4. The third-order valence-electron chi connectivity index (χ3n) is 4.90. The Morgan fingerprint density at radius 1 is 1.21 bits per heavy atom. The van der Waals surface area contributed by atoms with Crippen LogP contribution >= 0.6 is 0 Å². The van der Waals surface area contributed by atoms with Gasteiger partial charge in [-0.15, -0.1) is 0 Å². The number of fused-ring (bicyclic) bond motifs is 1. The maximum absolute atomic E-state index is 13.2. The Hall–Kier alpha value is -3.48. The number of nitrogens with one attached hydrogen (secondary N) is 1. The highest BCUT2D eigenvalue weighted by Gasteiger charge is 2.17. The molecule has 4 rings (SSSR count). The minimum atomic E-state index is -0.180. The Morgan fingerprint density at radius 2 is 2.00 bits per heavy atom. The van der Waals surface area contributed by atoms with E-state index in [2.05, 4.69) is 15.5 Å². The molecule has 0 atom stereocenters. The fourth-order valence-corrected chi connectivity index (χ4v) is 3.43. The van der Waals surface area contributed by atoms with Gasteiger partial charge in [-0.05, 0) is 32.9 Å². The van der Waals surface area contributed by atoms with Crippen LogP contribution in [0.1, 0.15) is 28.7 Å². The van der Waals surface area contributed by atoms with Crippen molar-refractivity contribution in [1.29, 1.82) is 0 Å². The van der Waals surface area contributed by atoms with Gasteiger partial charge in [-0.2, -0.15) is 10.2 Å². The second kappa shape index (κ2) is 6.92. The molecule has 0 fully saturated rings. The number of aromatic nitrogens is 5. The Bertz CT molecular complexity index is 1190. The van der Waals surface area contributed by atoms with Crippen LogP contribution < -0.4 is 5.32 Å². The Balaban J connectivity index is 1.81. The number of carbonyl (C=O) groups excluding carboxylic acids is 1. The van der Waals surface area contributed by atoms with E-state index in [4.69, 9.17) is 4.98 Å². The fraction of sp³-hybridized carbons (Fsp3) is 0.238. The summed E-state index contributed by atoms with van der Waals surface area (Å²) in [5.74, 6) is -0.180. The van der Waals surface area contributed by atoms with E-state index in [0.717, 1.165) is 40.1 Å². The number of para-hydroxylation sites is 1. The van der Waals surface area contributed by atoms with Crippen LogP contribution in [0.5, 0.6) is 0 Å². The van der Waals surface area contributed by atoms with E-state index < -0.39 is 0 Å². The van der Waals surface area contributed by atoms with Gasteiger partial charge in [0, 0.05) is 30.7 Å². The third-order valence-corrected chi connectivity index (χ3v) is 4.90. The van der Waals surface area contributed by atoms with Gasteiger partial charge in [0.2, 0.25) is 0 Å². The molecule has 0 unspecified atom stereocenters. The second-order valence-corrected chi connectivity index (χ2v) is 6.79. The summed E-state index contributed by atoms with van der Waals surface area (Å²) in [6.07, 6.45) is 3.61. The predicted molar refractivity (Wildman–Crippen MR) is 109 cm³/mol. The van der Waals surface area contributed by atoms with Crippen LogP contribution in [0.4, 0.5) is 5.69 Å². The van der Waals surface area contributed by atoms with E-state index in [1.807, 2.05) is 69.0 Å². The molecule has 4 aromatic rings. The lowest BCUT2D eigenvalue weighted by Crippen LogP contribution is -2.14. The zero-order valence-electron chi connectivity index (χ0n) is 16.4. The van der Waals surface area contributed by atoms with Gasteiger partial charge < -0.3 is 5.32 Å². The molecule has 1 N–H and O–H groups in total. The average Bonchev–Trinajstić information content (AvgIpc) is 3.21. The number of anilines is 1. The smallest absolute Gasteiger partial charge is 0.256 e. The molecular formula is C21H22N6O. The number of benzene rings is 1. The number of pyridine rings is 1. The fourth-order valence-electron chi connectivity index (χ4n) is 3.43. The number of amides is 1. The maximum Gasteiger partial charge on any atom is 0.256 e. The molecular weight excluding hydrogens is 352 g/mol. The van der Waals surface area contributed by atoms with Crippen LogP contribution in [0.2, 0.25) is 0 Å². The van der Waals surface area contributed by atoms with Crippen molar-refractivity contribution in [3.8, 4) is 11.3 Å². The first-order chi connectivity index (χ1) is 13.5. The summed E-state index contributed by atoms with van der Waals surface area (Å²) in [6.45, 7) is 6.66. The summed E-state index contributed by atoms with van der Waals surface area (Å²) in [5.41, 5.74) is 5.51. The molecule has 0 radical (unpaired) electrons. The topological polar surface area (TPSA) is 77.6 Å². The molecule has 3 aromatic heterocycles. The van der Waals surface area contributed by atoms with Crippen molar-refractivity contribution < 1.29 is 4.79 Å². The van der Waals surface area contributed by atoms with Crippen molar-refractivity contribution in [3.05, 3.63) is 59.7 Å². The average molecular weight is 374 g/mol. The van der Waals surface area contributed by atoms with Crippen molar-refractivity contribution >= 4 is 22.5 Å². The quantitative estimate of drug-likeness (QED) is 0.590. The number of aryl methyl sites for hydroxylation is 3. The zero-order chi connectivity index (χ0) is 19.8. The highest BCUT2D eigenvalue weighted by atomic mass is 16.1. The molecule has 0 aliphatic heterocycles. The van der Waals surface area contributed by atoms with Crippen molar-refractivity contribution in [1.82, 2.24) is 24.5 Å². The summed E-state index contributed by atoms with van der Waals surface area (Å²) < 4.78 is 3.61. The highest BCUT2D eigenvalue weighted by molar-refractivity contribution is 6.13. The summed E-state index contributed by atoms with van der Waals surface area (Å²) >= 11 is 0. The number of carbonyl (C=O) groups is 1. The molecule has 0 aliphatic rings. The molecule has 3 heterocycles. The van der Waals surface area contributed by atoms with Gasteiger partial charge in [0.25, 0.3) is 5.91 Å². The van der Waals surface area contributed by atoms with E-state index in [1.54, 1.807) is 10.9 Å².